The number of nitrogens with one attached hydrogen (secondary N) is 2. The lowest BCUT2D eigenvalue weighted by Crippen LogP contribution is -2.51. The summed E-state index contributed by atoms with van der Waals surface area (Å²) in [6.45, 7) is 6.41. The highest BCUT2D eigenvalue weighted by Gasteiger charge is 2.26. The molecule has 1 fully saturated rings. The van der Waals surface area contributed by atoms with Crippen LogP contribution in [0.4, 0.5) is 4.79 Å². The van der Waals surface area contributed by atoms with Gasteiger partial charge in [-0.25, -0.2) is 4.79 Å². The molecule has 0 aromatic carbocycles. The molecule has 0 aromatic rings. The molecule has 20 heavy (non-hydrogen) atoms. The number of hydrogen-bond acceptors (Lipinski definition) is 4. The highest BCUT2D eigenvalue weighted by Crippen LogP contribution is 2.21. The summed E-state index contributed by atoms with van der Waals surface area (Å²) in [6.07, 6.45) is 2.94. The van der Waals surface area contributed by atoms with Gasteiger partial charge >= 0.3 is 6.03 Å². The number of rotatable bonds is 5. The van der Waals surface area contributed by atoms with Crippen LogP contribution in [-0.2, 0) is 4.79 Å². The Morgan fingerprint density at radius 3 is 2.70 bits per heavy atom. The van der Waals surface area contributed by atoms with Crippen LogP contribution in [0.25, 0.3) is 0 Å². The first-order valence-corrected chi connectivity index (χ1v) is 7.08. The van der Waals surface area contributed by atoms with Crippen molar-refractivity contribution in [3.05, 3.63) is 0 Å². The Kier molecular flexibility index (Phi) is 9.54. The highest BCUT2D eigenvalue weighted by molar-refractivity contribution is 5.95. The maximum atomic E-state index is 11.8. The molecule has 0 saturated carbocycles. The van der Waals surface area contributed by atoms with Gasteiger partial charge in [0, 0.05) is 19.1 Å². The van der Waals surface area contributed by atoms with Gasteiger partial charge in [0.05, 0.1) is 6.54 Å². The molecule has 3 amide bonds. The quantitative estimate of drug-likeness (QED) is 0.698. The van der Waals surface area contributed by atoms with Gasteiger partial charge in [0.1, 0.15) is 0 Å². The van der Waals surface area contributed by atoms with Crippen molar-refractivity contribution in [2.75, 3.05) is 26.2 Å². The van der Waals surface area contributed by atoms with Gasteiger partial charge < -0.3 is 11.1 Å². The van der Waals surface area contributed by atoms with Crippen molar-refractivity contribution >= 4 is 24.3 Å². The summed E-state index contributed by atoms with van der Waals surface area (Å²) in [7, 11) is 0. The van der Waals surface area contributed by atoms with E-state index in [1.165, 1.54) is 0 Å². The van der Waals surface area contributed by atoms with Crippen molar-refractivity contribution in [3.8, 4) is 0 Å². The van der Waals surface area contributed by atoms with Crippen molar-refractivity contribution < 1.29 is 9.59 Å². The zero-order chi connectivity index (χ0) is 14.3. The fourth-order valence-electron chi connectivity index (χ4n) is 2.39. The minimum Gasteiger partial charge on any atom is -0.338 e. The molecule has 0 aliphatic carbocycles. The summed E-state index contributed by atoms with van der Waals surface area (Å²) in [5.41, 5.74) is 5.75. The molecule has 0 aromatic heterocycles. The average molecular weight is 307 g/mol. The molecule has 4 N–H and O–H groups in total. The van der Waals surface area contributed by atoms with E-state index < -0.39 is 6.03 Å². The third-order valence-electron chi connectivity index (χ3n) is 3.51. The number of imide groups is 1. The maximum absolute atomic E-state index is 11.8. The number of piperidine rings is 1. The molecule has 118 valence electrons. The summed E-state index contributed by atoms with van der Waals surface area (Å²) in [6, 6.07) is -0.172. The number of halogens is 1. The van der Waals surface area contributed by atoms with E-state index in [1.807, 2.05) is 6.92 Å². The Balaban J connectivity index is 0.00000361. The van der Waals surface area contributed by atoms with E-state index in [9.17, 15) is 9.59 Å². The van der Waals surface area contributed by atoms with Crippen LogP contribution in [0.5, 0.6) is 0 Å². The summed E-state index contributed by atoms with van der Waals surface area (Å²) in [4.78, 5) is 25.2. The Morgan fingerprint density at radius 1 is 1.40 bits per heavy atom. The van der Waals surface area contributed by atoms with Gasteiger partial charge in [-0.1, -0.05) is 13.8 Å². The van der Waals surface area contributed by atoms with Gasteiger partial charge in [-0.15, -0.1) is 12.4 Å². The van der Waals surface area contributed by atoms with Crippen LogP contribution in [0.3, 0.4) is 0 Å². The SMILES string of the molecule is CCCNC(=O)NC(=O)CN1CCC(C)CC1CN.Cl. The van der Waals surface area contributed by atoms with E-state index in [1.54, 1.807) is 0 Å². The van der Waals surface area contributed by atoms with Gasteiger partial charge in [-0.05, 0) is 31.7 Å². The van der Waals surface area contributed by atoms with Gasteiger partial charge in [0.15, 0.2) is 0 Å². The molecule has 7 heteroatoms. The smallest absolute Gasteiger partial charge is 0.321 e. The number of carbonyl (C=O) groups excluding carboxylic acids is 2. The maximum Gasteiger partial charge on any atom is 0.321 e. The second kappa shape index (κ2) is 9.96. The number of urea groups is 1. The fourth-order valence-corrected chi connectivity index (χ4v) is 2.39. The minimum absolute atomic E-state index is 0. The molecule has 6 nitrogen and oxygen atoms in total. The molecule has 1 saturated heterocycles. The summed E-state index contributed by atoms with van der Waals surface area (Å²) in [5.74, 6) is 0.391. The summed E-state index contributed by atoms with van der Waals surface area (Å²) >= 11 is 0. The molecule has 1 rings (SSSR count). The second-order valence-electron chi connectivity index (χ2n) is 5.29. The number of likely N-dealkylation sites (tertiary alicyclic amines) is 1. The molecule has 1 aliphatic heterocycles. The minimum atomic E-state index is -0.415. The van der Waals surface area contributed by atoms with Crippen molar-refractivity contribution in [1.29, 1.82) is 0 Å². The number of carbonyl (C=O) groups is 2. The van der Waals surface area contributed by atoms with E-state index in [0.717, 1.165) is 25.8 Å². The number of hydrogen-bond donors (Lipinski definition) is 3. The van der Waals surface area contributed by atoms with Crippen LogP contribution in [0, 0.1) is 5.92 Å². The third kappa shape index (κ3) is 6.54. The fraction of sp³-hybridized carbons (Fsp3) is 0.846. The van der Waals surface area contributed by atoms with Gasteiger partial charge in [0.25, 0.3) is 0 Å². The third-order valence-corrected chi connectivity index (χ3v) is 3.51. The second-order valence-corrected chi connectivity index (χ2v) is 5.29. The van der Waals surface area contributed by atoms with Crippen LogP contribution < -0.4 is 16.4 Å². The standard InChI is InChI=1S/C13H26N4O2.ClH/c1-3-5-15-13(19)16-12(18)9-17-6-4-10(2)7-11(17)8-14;/h10-11H,3-9,14H2,1-2H3,(H2,15,16,18,19);1H. The predicted molar refractivity (Wildman–Crippen MR) is 81.9 cm³/mol. The van der Waals surface area contributed by atoms with E-state index in [2.05, 4.69) is 22.5 Å². The molecule has 0 spiro atoms. The topological polar surface area (TPSA) is 87.5 Å². The monoisotopic (exact) mass is 306 g/mol. The average Bonchev–Trinajstić information content (AvgIpc) is 2.38. The molecule has 2 unspecified atom stereocenters. The lowest BCUT2D eigenvalue weighted by atomic mass is 9.92. The molecule has 0 bridgehead atoms. The van der Waals surface area contributed by atoms with Gasteiger partial charge in [0.2, 0.25) is 5.91 Å². The van der Waals surface area contributed by atoms with Crippen LogP contribution in [0.2, 0.25) is 0 Å². The molecule has 0 radical (unpaired) electrons. The zero-order valence-corrected chi connectivity index (χ0v) is 13.2. The first-order chi connectivity index (χ1) is 9.06. The summed E-state index contributed by atoms with van der Waals surface area (Å²) < 4.78 is 0. The van der Waals surface area contributed by atoms with E-state index >= 15 is 0 Å². The molecular weight excluding hydrogens is 280 g/mol. The zero-order valence-electron chi connectivity index (χ0n) is 12.4. The number of amides is 3. The molecular formula is C13H27ClN4O2. The Morgan fingerprint density at radius 2 is 2.10 bits per heavy atom. The van der Waals surface area contributed by atoms with E-state index in [-0.39, 0.29) is 30.9 Å². The Bertz CT molecular complexity index is 315. The van der Waals surface area contributed by atoms with Crippen LogP contribution >= 0.6 is 12.4 Å². The van der Waals surface area contributed by atoms with Gasteiger partial charge in [-0.3, -0.25) is 15.0 Å². The lowest BCUT2D eigenvalue weighted by Gasteiger charge is -2.37. The summed E-state index contributed by atoms with van der Waals surface area (Å²) in [5, 5.41) is 4.97. The first-order valence-electron chi connectivity index (χ1n) is 7.08. The molecule has 2 atom stereocenters. The van der Waals surface area contributed by atoms with Crippen LogP contribution in [0.1, 0.15) is 33.1 Å². The number of nitrogens with zero attached hydrogens (tertiary/aromatic N) is 1. The Labute approximate surface area is 127 Å². The lowest BCUT2D eigenvalue weighted by molar-refractivity contribution is -0.122. The Hall–Kier alpha value is -0.850. The van der Waals surface area contributed by atoms with Gasteiger partial charge in [-0.2, -0.15) is 0 Å². The first kappa shape index (κ1) is 19.1. The van der Waals surface area contributed by atoms with Crippen molar-refractivity contribution in [2.45, 2.75) is 39.2 Å². The predicted octanol–water partition coefficient (Wildman–Crippen LogP) is 0.703. The highest BCUT2D eigenvalue weighted by atomic mass is 35.5. The van der Waals surface area contributed by atoms with E-state index in [4.69, 9.17) is 5.73 Å². The largest absolute Gasteiger partial charge is 0.338 e. The normalized spacial score (nSPS) is 22.8. The van der Waals surface area contributed by atoms with Crippen LogP contribution in [0.15, 0.2) is 0 Å². The van der Waals surface area contributed by atoms with Crippen LogP contribution in [-0.4, -0.2) is 49.1 Å². The molecule has 1 heterocycles. The number of nitrogens with two attached hydrogens (primary N) is 1. The molecule has 1 aliphatic rings. The van der Waals surface area contributed by atoms with Crippen molar-refractivity contribution in [3.63, 3.8) is 0 Å². The van der Waals surface area contributed by atoms with Crippen molar-refractivity contribution in [2.24, 2.45) is 11.7 Å². The van der Waals surface area contributed by atoms with Crippen molar-refractivity contribution in [1.82, 2.24) is 15.5 Å². The van der Waals surface area contributed by atoms with E-state index in [0.29, 0.717) is 19.0 Å².